The normalized spacial score (nSPS) is 20.2. The van der Waals surface area contributed by atoms with Gasteiger partial charge in [-0.3, -0.25) is 9.48 Å². The summed E-state index contributed by atoms with van der Waals surface area (Å²) in [6.45, 7) is 2.00. The van der Waals surface area contributed by atoms with E-state index in [1.165, 1.54) is 6.33 Å². The van der Waals surface area contributed by atoms with Crippen molar-refractivity contribution >= 4 is 5.91 Å². The Morgan fingerprint density at radius 2 is 2.08 bits per heavy atom. The summed E-state index contributed by atoms with van der Waals surface area (Å²) in [5, 5.41) is 11.4. The minimum Gasteiger partial charge on any atom is -0.349 e. The van der Waals surface area contributed by atoms with Crippen molar-refractivity contribution in [2.75, 3.05) is 0 Å². The highest BCUT2D eigenvalue weighted by Gasteiger charge is 2.44. The van der Waals surface area contributed by atoms with Gasteiger partial charge in [0.25, 0.3) is 0 Å². The molecule has 1 N–H and O–H groups in total. The van der Waals surface area contributed by atoms with Gasteiger partial charge in [0.1, 0.15) is 12.7 Å². The second-order valence-corrected chi connectivity index (χ2v) is 6.56. The molecule has 7 nitrogen and oxygen atoms in total. The first kappa shape index (κ1) is 15.6. The number of aromatic nitrogens is 5. The van der Waals surface area contributed by atoms with Crippen LogP contribution in [0.1, 0.15) is 36.4 Å². The monoisotopic (exact) mass is 336 g/mol. The number of rotatable bonds is 5. The molecule has 3 unspecified atom stereocenters. The minimum atomic E-state index is -0.0348. The number of hydrogen-bond donors (Lipinski definition) is 1. The summed E-state index contributed by atoms with van der Waals surface area (Å²) in [5.41, 5.74) is 3.15. The molecule has 1 aliphatic carbocycles. The predicted molar refractivity (Wildman–Crippen MR) is 92.0 cm³/mol. The fourth-order valence-electron chi connectivity index (χ4n) is 3.15. The van der Waals surface area contributed by atoms with Crippen molar-refractivity contribution in [3.8, 4) is 5.69 Å². The van der Waals surface area contributed by atoms with Gasteiger partial charge in [-0.25, -0.2) is 9.67 Å². The molecule has 1 amide bonds. The van der Waals surface area contributed by atoms with E-state index in [9.17, 15) is 4.79 Å². The highest BCUT2D eigenvalue weighted by Crippen LogP contribution is 2.47. The van der Waals surface area contributed by atoms with E-state index in [1.807, 2.05) is 50.6 Å². The quantitative estimate of drug-likeness (QED) is 0.773. The van der Waals surface area contributed by atoms with Crippen LogP contribution < -0.4 is 5.32 Å². The maximum absolute atomic E-state index is 12.5. The van der Waals surface area contributed by atoms with E-state index in [0.29, 0.717) is 5.92 Å². The molecule has 3 atom stereocenters. The van der Waals surface area contributed by atoms with Crippen molar-refractivity contribution in [1.82, 2.24) is 29.9 Å². The van der Waals surface area contributed by atoms with Gasteiger partial charge in [0, 0.05) is 19.2 Å². The van der Waals surface area contributed by atoms with Crippen LogP contribution in [-0.4, -0.2) is 30.5 Å². The summed E-state index contributed by atoms with van der Waals surface area (Å²) >= 11 is 0. The first-order valence-corrected chi connectivity index (χ1v) is 8.35. The molecule has 3 aromatic rings. The molecule has 2 heterocycles. The van der Waals surface area contributed by atoms with E-state index >= 15 is 0 Å². The molecule has 4 rings (SSSR count). The van der Waals surface area contributed by atoms with Gasteiger partial charge < -0.3 is 5.32 Å². The number of benzene rings is 1. The lowest BCUT2D eigenvalue weighted by molar-refractivity contribution is -0.123. The topological polar surface area (TPSA) is 77.6 Å². The fraction of sp³-hybridized carbons (Fsp3) is 0.333. The van der Waals surface area contributed by atoms with Gasteiger partial charge in [-0.1, -0.05) is 12.1 Å². The van der Waals surface area contributed by atoms with Crippen molar-refractivity contribution < 1.29 is 4.79 Å². The first-order chi connectivity index (χ1) is 12.1. The molecule has 1 aromatic carbocycles. The Bertz CT molecular complexity index is 867. The maximum atomic E-state index is 12.5. The summed E-state index contributed by atoms with van der Waals surface area (Å²) in [4.78, 5) is 16.4. The largest absolute Gasteiger partial charge is 0.349 e. The number of amides is 1. The Hall–Kier alpha value is -2.96. The van der Waals surface area contributed by atoms with Gasteiger partial charge in [-0.2, -0.15) is 10.2 Å². The van der Waals surface area contributed by atoms with Crippen LogP contribution in [0.5, 0.6) is 0 Å². The molecule has 1 fully saturated rings. The van der Waals surface area contributed by atoms with E-state index in [-0.39, 0.29) is 17.9 Å². The molecular weight excluding hydrogens is 316 g/mol. The zero-order valence-corrected chi connectivity index (χ0v) is 14.2. The molecule has 7 heteroatoms. The van der Waals surface area contributed by atoms with Gasteiger partial charge >= 0.3 is 0 Å². The molecule has 1 aliphatic rings. The van der Waals surface area contributed by atoms with Crippen LogP contribution in [0.15, 0.2) is 49.3 Å². The van der Waals surface area contributed by atoms with Crippen molar-refractivity contribution in [3.63, 3.8) is 0 Å². The molecule has 128 valence electrons. The molecule has 2 aromatic heterocycles. The lowest BCUT2D eigenvalue weighted by Crippen LogP contribution is -2.28. The summed E-state index contributed by atoms with van der Waals surface area (Å²) in [7, 11) is 1.89. The first-order valence-electron chi connectivity index (χ1n) is 8.35. The van der Waals surface area contributed by atoms with E-state index < -0.39 is 0 Å². The number of carbonyl (C=O) groups excluding carboxylic acids is 1. The van der Waals surface area contributed by atoms with Crippen molar-refractivity contribution in [1.29, 1.82) is 0 Å². The third-order valence-corrected chi connectivity index (χ3v) is 4.72. The van der Waals surface area contributed by atoms with Crippen molar-refractivity contribution in [3.05, 3.63) is 60.4 Å². The molecule has 0 radical (unpaired) electrons. The third-order valence-electron chi connectivity index (χ3n) is 4.72. The van der Waals surface area contributed by atoms with Crippen LogP contribution in [0.4, 0.5) is 0 Å². The van der Waals surface area contributed by atoms with E-state index in [0.717, 1.165) is 23.2 Å². The van der Waals surface area contributed by atoms with Gasteiger partial charge in [-0.05, 0) is 42.5 Å². The smallest absolute Gasteiger partial charge is 0.224 e. The zero-order chi connectivity index (χ0) is 17.4. The highest BCUT2D eigenvalue weighted by atomic mass is 16.2. The Balaban J connectivity index is 1.37. The number of carbonyl (C=O) groups is 1. The van der Waals surface area contributed by atoms with Gasteiger partial charge in [0.15, 0.2) is 0 Å². The molecular formula is C18H20N6O. The van der Waals surface area contributed by atoms with Crippen molar-refractivity contribution in [2.45, 2.75) is 25.3 Å². The number of nitrogens with zero attached hydrogens (tertiary/aromatic N) is 5. The second kappa shape index (κ2) is 6.16. The number of aryl methyl sites for hydroxylation is 1. The summed E-state index contributed by atoms with van der Waals surface area (Å²) in [6, 6.07) is 7.93. The Morgan fingerprint density at radius 3 is 2.72 bits per heavy atom. The summed E-state index contributed by atoms with van der Waals surface area (Å²) < 4.78 is 3.48. The SMILES string of the molecule is CC(NC(=O)C1CC1c1cnn(C)c1)c1ccc(-n2cncn2)cc1. The van der Waals surface area contributed by atoms with E-state index in [1.54, 1.807) is 15.7 Å². The molecule has 0 spiro atoms. The molecule has 0 saturated heterocycles. The summed E-state index contributed by atoms with van der Waals surface area (Å²) in [5.74, 6) is 0.471. The average molecular weight is 336 g/mol. The van der Waals surface area contributed by atoms with Crippen molar-refractivity contribution in [2.24, 2.45) is 13.0 Å². The second-order valence-electron chi connectivity index (χ2n) is 6.56. The molecule has 0 aliphatic heterocycles. The Morgan fingerprint density at radius 1 is 1.28 bits per heavy atom. The van der Waals surface area contributed by atoms with Crippen LogP contribution in [0.2, 0.25) is 0 Å². The highest BCUT2D eigenvalue weighted by molar-refractivity contribution is 5.83. The Labute approximate surface area is 145 Å². The lowest BCUT2D eigenvalue weighted by atomic mass is 10.1. The standard InChI is InChI=1S/C18H20N6O/c1-12(13-3-5-15(6-4-13)24-11-19-10-21-24)22-18(25)17-7-16(17)14-8-20-23(2)9-14/h3-6,8-12,16-17H,7H2,1-2H3,(H,22,25). The minimum absolute atomic E-state index is 0.0348. The van der Waals surface area contributed by atoms with Crippen LogP contribution in [0, 0.1) is 5.92 Å². The average Bonchev–Trinajstić information content (AvgIpc) is 3.02. The lowest BCUT2D eigenvalue weighted by Gasteiger charge is -2.15. The molecule has 25 heavy (non-hydrogen) atoms. The van der Waals surface area contributed by atoms with Gasteiger partial charge in [0.05, 0.1) is 17.9 Å². The van der Waals surface area contributed by atoms with Gasteiger partial charge in [-0.15, -0.1) is 0 Å². The third kappa shape index (κ3) is 3.17. The predicted octanol–water partition coefficient (Wildman–Crippen LogP) is 1.98. The van der Waals surface area contributed by atoms with Crippen LogP contribution in [0.3, 0.4) is 0 Å². The van der Waals surface area contributed by atoms with Gasteiger partial charge in [0.2, 0.25) is 5.91 Å². The van der Waals surface area contributed by atoms with Crippen LogP contribution in [-0.2, 0) is 11.8 Å². The van der Waals surface area contributed by atoms with Crippen LogP contribution in [0.25, 0.3) is 5.69 Å². The zero-order valence-electron chi connectivity index (χ0n) is 14.2. The molecule has 0 bridgehead atoms. The van der Waals surface area contributed by atoms with Crippen LogP contribution >= 0.6 is 0 Å². The number of hydrogen-bond acceptors (Lipinski definition) is 4. The fourth-order valence-corrected chi connectivity index (χ4v) is 3.15. The summed E-state index contributed by atoms with van der Waals surface area (Å²) in [6.07, 6.45) is 7.90. The maximum Gasteiger partial charge on any atom is 0.224 e. The number of nitrogens with one attached hydrogen (secondary N) is 1. The molecule has 1 saturated carbocycles. The Kier molecular flexibility index (Phi) is 3.83. The van der Waals surface area contributed by atoms with E-state index in [2.05, 4.69) is 20.5 Å². The van der Waals surface area contributed by atoms with E-state index in [4.69, 9.17) is 0 Å².